The van der Waals surface area contributed by atoms with Crippen LogP contribution in [0.5, 0.6) is 0 Å². The van der Waals surface area contributed by atoms with Crippen molar-refractivity contribution >= 4 is 0 Å². The van der Waals surface area contributed by atoms with Crippen molar-refractivity contribution in [3.8, 4) is 0 Å². The summed E-state index contributed by atoms with van der Waals surface area (Å²) in [5.74, 6) is 1.48. The molecule has 1 aromatic heterocycles. The van der Waals surface area contributed by atoms with Crippen LogP contribution >= 0.6 is 0 Å². The van der Waals surface area contributed by atoms with E-state index < -0.39 is 0 Å². The Hall–Kier alpha value is -1.72. The molecule has 0 amide bonds. The van der Waals surface area contributed by atoms with Gasteiger partial charge in [0.05, 0.1) is 12.5 Å². The van der Waals surface area contributed by atoms with Gasteiger partial charge >= 0.3 is 0 Å². The Morgan fingerprint density at radius 3 is 2.67 bits per heavy atom. The van der Waals surface area contributed by atoms with Gasteiger partial charge in [-0.15, -0.1) is 0 Å². The predicted molar refractivity (Wildman–Crippen MR) is 81.1 cm³/mol. The van der Waals surface area contributed by atoms with Gasteiger partial charge in [-0.1, -0.05) is 35.0 Å². The van der Waals surface area contributed by atoms with Gasteiger partial charge in [0.2, 0.25) is 5.89 Å². The zero-order valence-electron chi connectivity index (χ0n) is 12.7. The largest absolute Gasteiger partial charge is 0.339 e. The van der Waals surface area contributed by atoms with E-state index in [1.165, 1.54) is 11.1 Å². The summed E-state index contributed by atoms with van der Waals surface area (Å²) in [6.07, 6.45) is 0.696. The molecule has 21 heavy (non-hydrogen) atoms. The van der Waals surface area contributed by atoms with Gasteiger partial charge in [0.25, 0.3) is 0 Å². The highest BCUT2D eigenvalue weighted by Gasteiger charge is 2.22. The average Bonchev–Trinajstić information content (AvgIpc) is 2.98. The highest BCUT2D eigenvalue weighted by molar-refractivity contribution is 5.23. The molecule has 0 aliphatic carbocycles. The van der Waals surface area contributed by atoms with Crippen LogP contribution in [0, 0.1) is 6.92 Å². The number of hydrogen-bond acceptors (Lipinski definition) is 5. The third-order valence-corrected chi connectivity index (χ3v) is 4.03. The van der Waals surface area contributed by atoms with Gasteiger partial charge in [0.15, 0.2) is 5.82 Å². The second-order valence-electron chi connectivity index (χ2n) is 5.67. The molecule has 0 bridgehead atoms. The topological polar surface area (TPSA) is 54.2 Å². The summed E-state index contributed by atoms with van der Waals surface area (Å²) in [4.78, 5) is 6.95. The van der Waals surface area contributed by atoms with Crippen LogP contribution in [0.1, 0.15) is 35.8 Å². The first-order chi connectivity index (χ1) is 10.2. The molecule has 1 atom stereocenters. The summed E-state index contributed by atoms with van der Waals surface area (Å²) in [5.41, 5.74) is 2.46. The first kappa shape index (κ1) is 14.2. The highest BCUT2D eigenvalue weighted by Crippen LogP contribution is 2.18. The molecule has 5 heteroatoms. The van der Waals surface area contributed by atoms with Crippen molar-refractivity contribution in [1.29, 1.82) is 0 Å². The van der Waals surface area contributed by atoms with Crippen LogP contribution in [0.4, 0.5) is 0 Å². The van der Waals surface area contributed by atoms with Crippen molar-refractivity contribution in [2.45, 2.75) is 26.3 Å². The third kappa shape index (κ3) is 3.49. The Labute approximate surface area is 125 Å². The van der Waals surface area contributed by atoms with Crippen LogP contribution in [-0.4, -0.2) is 41.2 Å². The summed E-state index contributed by atoms with van der Waals surface area (Å²) >= 11 is 0. The molecule has 1 unspecified atom stereocenters. The molecule has 2 aromatic rings. The fourth-order valence-corrected chi connectivity index (χ4v) is 2.62. The lowest BCUT2D eigenvalue weighted by atomic mass is 10.1. The minimum Gasteiger partial charge on any atom is -0.339 e. The summed E-state index contributed by atoms with van der Waals surface area (Å²) < 4.78 is 5.41. The number of nitrogens with one attached hydrogen (secondary N) is 1. The number of rotatable bonds is 4. The van der Waals surface area contributed by atoms with E-state index in [9.17, 15) is 0 Å². The predicted octanol–water partition coefficient (Wildman–Crippen LogP) is 1.94. The Balaban J connectivity index is 1.66. The van der Waals surface area contributed by atoms with E-state index in [1.54, 1.807) is 0 Å². The van der Waals surface area contributed by atoms with Gasteiger partial charge < -0.3 is 9.84 Å². The van der Waals surface area contributed by atoms with E-state index in [4.69, 9.17) is 4.52 Å². The Kier molecular flexibility index (Phi) is 4.31. The van der Waals surface area contributed by atoms with Crippen LogP contribution in [0.25, 0.3) is 0 Å². The van der Waals surface area contributed by atoms with Crippen LogP contribution < -0.4 is 5.32 Å². The number of aromatic nitrogens is 2. The number of hydrogen-bond donors (Lipinski definition) is 1. The summed E-state index contributed by atoms with van der Waals surface area (Å²) in [7, 11) is 0. The maximum Gasteiger partial charge on any atom is 0.231 e. The zero-order valence-corrected chi connectivity index (χ0v) is 12.7. The van der Waals surface area contributed by atoms with Crippen LogP contribution in [0.2, 0.25) is 0 Å². The van der Waals surface area contributed by atoms with Crippen molar-refractivity contribution in [3.63, 3.8) is 0 Å². The fraction of sp³-hybridized carbons (Fsp3) is 0.500. The van der Waals surface area contributed by atoms with Crippen LogP contribution in [-0.2, 0) is 6.42 Å². The van der Waals surface area contributed by atoms with Crippen LogP contribution in [0.15, 0.2) is 28.8 Å². The monoisotopic (exact) mass is 286 g/mol. The summed E-state index contributed by atoms with van der Waals surface area (Å²) in [6.45, 7) is 8.35. The molecule has 1 N–H and O–H groups in total. The second kappa shape index (κ2) is 6.37. The molecule has 0 radical (unpaired) electrons. The minimum atomic E-state index is 0.211. The van der Waals surface area contributed by atoms with Crippen LogP contribution in [0.3, 0.4) is 0 Å². The molecule has 3 rings (SSSR count). The van der Waals surface area contributed by atoms with Gasteiger partial charge in [-0.3, -0.25) is 4.90 Å². The van der Waals surface area contributed by atoms with Crippen molar-refractivity contribution in [1.82, 2.24) is 20.4 Å². The molecule has 1 aliphatic rings. The van der Waals surface area contributed by atoms with E-state index in [0.717, 1.165) is 32.0 Å². The quantitative estimate of drug-likeness (QED) is 0.931. The molecule has 2 heterocycles. The number of aryl methyl sites for hydroxylation is 1. The van der Waals surface area contributed by atoms with Gasteiger partial charge in [0, 0.05) is 26.2 Å². The number of piperazine rings is 1. The normalized spacial score (nSPS) is 17.8. The molecule has 0 spiro atoms. The van der Waals surface area contributed by atoms with E-state index in [-0.39, 0.29) is 6.04 Å². The van der Waals surface area contributed by atoms with Gasteiger partial charge in [0.1, 0.15) is 0 Å². The Bertz CT molecular complexity index is 572. The van der Waals surface area contributed by atoms with E-state index in [1.807, 2.05) is 0 Å². The van der Waals surface area contributed by atoms with E-state index in [2.05, 4.69) is 58.5 Å². The zero-order chi connectivity index (χ0) is 14.7. The smallest absolute Gasteiger partial charge is 0.231 e. The van der Waals surface area contributed by atoms with Crippen molar-refractivity contribution in [3.05, 3.63) is 47.1 Å². The lowest BCUT2D eigenvalue weighted by Gasteiger charge is -2.30. The fourth-order valence-electron chi connectivity index (χ4n) is 2.62. The number of benzene rings is 1. The molecular weight excluding hydrogens is 264 g/mol. The third-order valence-electron chi connectivity index (χ3n) is 4.03. The first-order valence-corrected chi connectivity index (χ1v) is 7.55. The van der Waals surface area contributed by atoms with E-state index in [0.29, 0.717) is 12.3 Å². The summed E-state index contributed by atoms with van der Waals surface area (Å²) in [6, 6.07) is 8.65. The Morgan fingerprint density at radius 1 is 1.24 bits per heavy atom. The SMILES string of the molecule is Cc1ccc(Cc2nc(C(C)N3CCNCC3)no2)cc1. The number of nitrogens with zero attached hydrogens (tertiary/aromatic N) is 3. The highest BCUT2D eigenvalue weighted by atomic mass is 16.5. The molecule has 112 valence electrons. The second-order valence-corrected chi connectivity index (χ2v) is 5.67. The lowest BCUT2D eigenvalue weighted by molar-refractivity contribution is 0.176. The maximum absolute atomic E-state index is 5.41. The Morgan fingerprint density at radius 2 is 1.95 bits per heavy atom. The molecule has 0 saturated carbocycles. The molecule has 5 nitrogen and oxygen atoms in total. The van der Waals surface area contributed by atoms with Gasteiger partial charge in [-0.25, -0.2) is 0 Å². The minimum absolute atomic E-state index is 0.211. The molecular formula is C16H22N4O. The van der Waals surface area contributed by atoms with Crippen molar-refractivity contribution in [2.24, 2.45) is 0 Å². The standard InChI is InChI=1S/C16H22N4O/c1-12-3-5-14(6-4-12)11-15-18-16(19-21-15)13(2)20-9-7-17-8-10-20/h3-6,13,17H,7-11H2,1-2H3. The lowest BCUT2D eigenvalue weighted by Crippen LogP contribution is -2.44. The van der Waals surface area contributed by atoms with Gasteiger partial charge in [-0.2, -0.15) is 4.98 Å². The van der Waals surface area contributed by atoms with Crippen molar-refractivity contribution in [2.75, 3.05) is 26.2 Å². The van der Waals surface area contributed by atoms with Gasteiger partial charge in [-0.05, 0) is 19.4 Å². The van der Waals surface area contributed by atoms with Crippen molar-refractivity contribution < 1.29 is 4.52 Å². The van der Waals surface area contributed by atoms with E-state index >= 15 is 0 Å². The molecule has 1 aromatic carbocycles. The average molecular weight is 286 g/mol. The molecule has 1 aliphatic heterocycles. The maximum atomic E-state index is 5.41. The molecule has 1 saturated heterocycles. The molecule has 1 fully saturated rings. The first-order valence-electron chi connectivity index (χ1n) is 7.55. The summed E-state index contributed by atoms with van der Waals surface area (Å²) in [5, 5.41) is 7.51.